The van der Waals surface area contributed by atoms with Crippen molar-refractivity contribution in [2.75, 3.05) is 48.1 Å². The molecule has 0 rings (SSSR count). The highest BCUT2D eigenvalue weighted by atomic mass is 31.2. The molecule has 2 unspecified atom stereocenters. The van der Waals surface area contributed by atoms with Gasteiger partial charge < -0.3 is 23.4 Å². The summed E-state index contributed by atoms with van der Waals surface area (Å²) in [6.45, 7) is 5.21. The van der Waals surface area contributed by atoms with Crippen molar-refractivity contribution >= 4 is 7.60 Å². The van der Waals surface area contributed by atoms with Crippen LogP contribution < -0.4 is 0 Å². The lowest BCUT2D eigenvalue weighted by Gasteiger charge is -2.35. The first-order chi connectivity index (χ1) is 15.7. The molecule has 1 N–H and O–H groups in total. The molecule has 33 heavy (non-hydrogen) atoms. The number of hydrogen-bond acceptors (Lipinski definition) is 4. The van der Waals surface area contributed by atoms with Gasteiger partial charge in [0.15, 0.2) is 5.78 Å². The molecule has 0 bridgehead atoms. The highest BCUT2D eigenvalue weighted by Crippen LogP contribution is 2.51. The Balaban J connectivity index is 3.81. The monoisotopic (exact) mass is 490 g/mol. The molecule has 0 aliphatic carbocycles. The summed E-state index contributed by atoms with van der Waals surface area (Å²) in [5.41, 5.74) is 0. The van der Waals surface area contributed by atoms with Gasteiger partial charge in [-0.25, -0.2) is 0 Å². The van der Waals surface area contributed by atoms with Crippen LogP contribution in [0.4, 0.5) is 0 Å². The van der Waals surface area contributed by atoms with E-state index in [9.17, 15) is 9.46 Å². The molecule has 0 amide bonds. The molecule has 0 aromatic heterocycles. The summed E-state index contributed by atoms with van der Waals surface area (Å²) in [6, 6.07) is 0. The lowest BCUT2D eigenvalue weighted by molar-refractivity contribution is -0.883. The quantitative estimate of drug-likeness (QED) is 0.0792. The highest BCUT2D eigenvalue weighted by Gasteiger charge is 2.41. The standard InChI is InChI=1S/C26H52NO5P/c1-7-9-10-11-12-13-14-15-16-17-18-19-20-21-22-31-23-25(30-6)24-32-33(28,29)26(8-2)27(3,4)5/h10-11,16-17,25-26H,7-9,12-15,18-24H2,1-6H3/p+1/b11-10-,17-16-/t25-,26?/m1/s1. The Morgan fingerprint density at radius 1 is 0.848 bits per heavy atom. The van der Waals surface area contributed by atoms with Crippen LogP contribution >= 0.6 is 7.60 Å². The second kappa shape index (κ2) is 19.8. The number of quaternary nitrogens is 1. The van der Waals surface area contributed by atoms with Crippen molar-refractivity contribution in [1.82, 2.24) is 0 Å². The van der Waals surface area contributed by atoms with E-state index in [1.807, 2.05) is 28.1 Å². The Labute approximate surface area is 204 Å². The van der Waals surface area contributed by atoms with Crippen LogP contribution in [0.5, 0.6) is 0 Å². The predicted molar refractivity (Wildman–Crippen MR) is 140 cm³/mol. The first-order valence-corrected chi connectivity index (χ1v) is 14.5. The maximum Gasteiger partial charge on any atom is 0.385 e. The van der Waals surface area contributed by atoms with Crippen molar-refractivity contribution in [2.45, 2.75) is 96.4 Å². The zero-order valence-corrected chi connectivity index (χ0v) is 23.2. The molecule has 0 aromatic rings. The number of ether oxygens (including phenoxy) is 2. The average Bonchev–Trinajstić information content (AvgIpc) is 2.74. The van der Waals surface area contributed by atoms with Gasteiger partial charge in [-0.2, -0.15) is 0 Å². The van der Waals surface area contributed by atoms with Crippen LogP contribution in [0.25, 0.3) is 0 Å². The van der Waals surface area contributed by atoms with Gasteiger partial charge in [0.05, 0.1) is 34.4 Å². The van der Waals surface area contributed by atoms with E-state index in [1.54, 1.807) is 7.11 Å². The molecule has 0 heterocycles. The first-order valence-electron chi connectivity index (χ1n) is 12.9. The maximum atomic E-state index is 12.6. The van der Waals surface area contributed by atoms with E-state index < -0.39 is 13.4 Å². The largest absolute Gasteiger partial charge is 0.385 e. The van der Waals surface area contributed by atoms with Crippen molar-refractivity contribution in [3.8, 4) is 0 Å². The molecular weight excluding hydrogens is 437 g/mol. The molecule has 0 saturated heterocycles. The van der Waals surface area contributed by atoms with Gasteiger partial charge in [0.25, 0.3) is 0 Å². The second-order valence-corrected chi connectivity index (χ2v) is 11.6. The normalized spacial score (nSPS) is 16.5. The number of methoxy groups -OCH3 is 1. The predicted octanol–water partition coefficient (Wildman–Crippen LogP) is 6.70. The number of hydrogen-bond donors (Lipinski definition) is 1. The second-order valence-electron chi connectivity index (χ2n) is 9.66. The van der Waals surface area contributed by atoms with Gasteiger partial charge in [0, 0.05) is 20.1 Å². The molecule has 0 saturated carbocycles. The topological polar surface area (TPSA) is 65.0 Å². The van der Waals surface area contributed by atoms with E-state index in [-0.39, 0.29) is 12.7 Å². The van der Waals surface area contributed by atoms with Crippen LogP contribution in [-0.4, -0.2) is 69.3 Å². The molecule has 196 valence electrons. The summed E-state index contributed by atoms with van der Waals surface area (Å²) in [7, 11) is 3.55. The van der Waals surface area contributed by atoms with Crippen LogP contribution in [0, 0.1) is 0 Å². The molecule has 0 aromatic carbocycles. The molecular formula is C26H53NO5P+. The summed E-state index contributed by atoms with van der Waals surface area (Å²) in [5, 5.41) is 0. The third kappa shape index (κ3) is 17.6. The molecule has 6 nitrogen and oxygen atoms in total. The van der Waals surface area contributed by atoms with Crippen molar-refractivity contribution in [3.63, 3.8) is 0 Å². The summed E-state index contributed by atoms with van der Waals surface area (Å²) in [6.07, 6.45) is 21.3. The van der Waals surface area contributed by atoms with Gasteiger partial charge in [-0.3, -0.25) is 4.57 Å². The van der Waals surface area contributed by atoms with Crippen LogP contribution in [0.2, 0.25) is 0 Å². The Kier molecular flexibility index (Phi) is 19.5. The average molecular weight is 491 g/mol. The minimum Gasteiger partial charge on any atom is -0.379 e. The number of nitrogens with zero attached hydrogens (tertiary/aromatic N) is 1. The van der Waals surface area contributed by atoms with Gasteiger partial charge >= 0.3 is 7.60 Å². The lowest BCUT2D eigenvalue weighted by Crippen LogP contribution is -2.45. The molecule has 0 spiro atoms. The fourth-order valence-electron chi connectivity index (χ4n) is 3.70. The highest BCUT2D eigenvalue weighted by molar-refractivity contribution is 7.53. The fraction of sp³-hybridized carbons (Fsp3) is 0.846. The zero-order chi connectivity index (χ0) is 25.0. The first kappa shape index (κ1) is 32.5. The van der Waals surface area contributed by atoms with E-state index >= 15 is 0 Å². The Morgan fingerprint density at radius 3 is 1.88 bits per heavy atom. The molecule has 0 aliphatic heterocycles. The van der Waals surface area contributed by atoms with Gasteiger partial charge in [-0.1, -0.05) is 51.0 Å². The Morgan fingerprint density at radius 2 is 1.39 bits per heavy atom. The van der Waals surface area contributed by atoms with Crippen LogP contribution in [0.15, 0.2) is 24.3 Å². The SMILES string of the molecule is CCC/C=C\CCCC/C=C\CCCCCOC[C@H](COP(=O)(O)C(CC)[N+](C)(C)C)OC. The van der Waals surface area contributed by atoms with Crippen LogP contribution in [-0.2, 0) is 18.6 Å². The number of allylic oxidation sites excluding steroid dienone is 4. The smallest absolute Gasteiger partial charge is 0.379 e. The Hall–Kier alpha value is -0.490. The molecule has 0 fully saturated rings. The van der Waals surface area contributed by atoms with Crippen LogP contribution in [0.1, 0.15) is 84.5 Å². The minimum absolute atomic E-state index is 0.0562. The fourth-order valence-corrected chi connectivity index (χ4v) is 5.59. The van der Waals surface area contributed by atoms with Gasteiger partial charge in [0.2, 0.25) is 0 Å². The van der Waals surface area contributed by atoms with Gasteiger partial charge in [-0.15, -0.1) is 0 Å². The van der Waals surface area contributed by atoms with Crippen molar-refractivity contribution < 1.29 is 27.9 Å². The number of rotatable bonds is 22. The van der Waals surface area contributed by atoms with Gasteiger partial charge in [-0.05, 0) is 51.4 Å². The molecule has 0 aliphatic rings. The molecule has 0 radical (unpaired) electrons. The summed E-state index contributed by atoms with van der Waals surface area (Å²) in [4.78, 5) is 10.4. The van der Waals surface area contributed by atoms with Gasteiger partial charge in [0.1, 0.15) is 6.10 Å². The van der Waals surface area contributed by atoms with Crippen molar-refractivity contribution in [2.24, 2.45) is 0 Å². The molecule has 3 atom stereocenters. The van der Waals surface area contributed by atoms with Crippen LogP contribution in [0.3, 0.4) is 0 Å². The zero-order valence-electron chi connectivity index (χ0n) is 22.3. The maximum absolute atomic E-state index is 12.6. The van der Waals surface area contributed by atoms with Crippen molar-refractivity contribution in [1.29, 1.82) is 0 Å². The summed E-state index contributed by atoms with van der Waals surface area (Å²) in [5.74, 6) is -0.460. The summed E-state index contributed by atoms with van der Waals surface area (Å²) >= 11 is 0. The van der Waals surface area contributed by atoms with E-state index in [2.05, 4.69) is 31.2 Å². The van der Waals surface area contributed by atoms with E-state index in [4.69, 9.17) is 14.0 Å². The van der Waals surface area contributed by atoms with E-state index in [0.717, 1.165) is 19.3 Å². The van der Waals surface area contributed by atoms with E-state index in [0.29, 0.717) is 24.1 Å². The molecule has 7 heteroatoms. The van der Waals surface area contributed by atoms with Crippen molar-refractivity contribution in [3.05, 3.63) is 24.3 Å². The Bertz CT molecular complexity index is 559. The summed E-state index contributed by atoms with van der Waals surface area (Å²) < 4.78 is 29.5. The van der Waals surface area contributed by atoms with E-state index in [1.165, 1.54) is 44.9 Å². The minimum atomic E-state index is -3.74. The third-order valence-corrected chi connectivity index (χ3v) is 7.99. The lowest BCUT2D eigenvalue weighted by atomic mass is 10.1. The number of unbranched alkanes of at least 4 members (excludes halogenated alkanes) is 7. The third-order valence-electron chi connectivity index (χ3n) is 5.66.